The van der Waals surface area contributed by atoms with Gasteiger partial charge in [-0.15, -0.1) is 0 Å². The summed E-state index contributed by atoms with van der Waals surface area (Å²) in [6.45, 7) is 4.69. The van der Waals surface area contributed by atoms with Gasteiger partial charge in [-0.1, -0.05) is 32.0 Å². The van der Waals surface area contributed by atoms with Gasteiger partial charge in [0.1, 0.15) is 11.3 Å². The third-order valence-corrected chi connectivity index (χ3v) is 4.58. The topological polar surface area (TPSA) is 109 Å². The number of rotatable bonds is 6. The molecule has 7 heteroatoms. The van der Waals surface area contributed by atoms with E-state index < -0.39 is 23.5 Å². The molecule has 0 saturated carbocycles. The maximum absolute atomic E-state index is 12.2. The Morgan fingerprint density at radius 3 is 2.43 bits per heavy atom. The number of nitrogens with one attached hydrogen (secondary N) is 1. The van der Waals surface area contributed by atoms with Crippen molar-refractivity contribution in [2.75, 3.05) is 6.61 Å². The average Bonchev–Trinajstić information content (AvgIpc) is 2.66. The molecule has 1 aromatic heterocycles. The molecular formula is C21H20NO6-. The normalized spacial score (nSPS) is 12.3. The van der Waals surface area contributed by atoms with E-state index in [1.165, 1.54) is 0 Å². The number of carbonyl (C=O) groups is 2. The van der Waals surface area contributed by atoms with E-state index in [2.05, 4.69) is 5.32 Å². The Morgan fingerprint density at radius 2 is 1.79 bits per heavy atom. The molecule has 0 radical (unpaired) electrons. The second-order valence-corrected chi connectivity index (χ2v) is 6.90. The summed E-state index contributed by atoms with van der Waals surface area (Å²) in [5.41, 5.74) is 0.514. The number of amides is 1. The molecule has 1 heterocycles. The Hall–Kier alpha value is -3.35. The molecule has 0 bridgehead atoms. The first-order valence-electron chi connectivity index (χ1n) is 8.87. The van der Waals surface area contributed by atoms with Crippen LogP contribution in [0.2, 0.25) is 0 Å². The minimum atomic E-state index is -1.35. The van der Waals surface area contributed by atoms with Gasteiger partial charge in [-0.25, -0.2) is 4.79 Å². The van der Waals surface area contributed by atoms with Crippen LogP contribution in [0, 0.1) is 12.8 Å². The Bertz CT molecular complexity index is 1120. The van der Waals surface area contributed by atoms with Crippen LogP contribution < -0.4 is 20.8 Å². The third kappa shape index (κ3) is 3.69. The lowest BCUT2D eigenvalue weighted by molar-refractivity contribution is -0.309. The molecule has 146 valence electrons. The molecular weight excluding hydrogens is 362 g/mol. The van der Waals surface area contributed by atoms with Gasteiger partial charge in [0.25, 0.3) is 5.91 Å². The van der Waals surface area contributed by atoms with E-state index in [-0.39, 0.29) is 12.5 Å². The molecule has 28 heavy (non-hydrogen) atoms. The summed E-state index contributed by atoms with van der Waals surface area (Å²) in [6, 6.07) is 9.51. The monoisotopic (exact) mass is 382 g/mol. The van der Waals surface area contributed by atoms with Crippen molar-refractivity contribution >= 4 is 33.6 Å². The van der Waals surface area contributed by atoms with Crippen LogP contribution >= 0.6 is 0 Å². The highest BCUT2D eigenvalue weighted by Gasteiger charge is 2.18. The van der Waals surface area contributed by atoms with E-state index in [9.17, 15) is 19.5 Å². The first kappa shape index (κ1) is 19.4. The molecule has 3 aromatic rings. The van der Waals surface area contributed by atoms with Crippen LogP contribution in [0.15, 0.2) is 45.6 Å². The summed E-state index contributed by atoms with van der Waals surface area (Å²) in [6.07, 6.45) is 0. The van der Waals surface area contributed by atoms with Gasteiger partial charge in [-0.3, -0.25) is 4.79 Å². The van der Waals surface area contributed by atoms with Crippen molar-refractivity contribution in [1.29, 1.82) is 0 Å². The summed E-state index contributed by atoms with van der Waals surface area (Å²) < 4.78 is 11.0. The SMILES string of the molecule is Cc1c(OCC(=O)N[C@H](C(=O)[O-])C(C)C)ccc2c1oc(=O)c1ccccc12. The zero-order valence-corrected chi connectivity index (χ0v) is 15.8. The van der Waals surface area contributed by atoms with E-state index in [4.69, 9.17) is 9.15 Å². The van der Waals surface area contributed by atoms with Crippen LogP contribution in [-0.4, -0.2) is 24.5 Å². The predicted octanol–water partition coefficient (Wildman–Crippen LogP) is 1.52. The summed E-state index contributed by atoms with van der Waals surface area (Å²) in [7, 11) is 0. The largest absolute Gasteiger partial charge is 0.548 e. The van der Waals surface area contributed by atoms with Crippen molar-refractivity contribution in [3.8, 4) is 5.75 Å². The van der Waals surface area contributed by atoms with Crippen LogP contribution in [-0.2, 0) is 9.59 Å². The van der Waals surface area contributed by atoms with Crippen molar-refractivity contribution in [2.24, 2.45) is 5.92 Å². The fourth-order valence-corrected chi connectivity index (χ4v) is 3.07. The molecule has 0 spiro atoms. The fraction of sp³-hybridized carbons (Fsp3) is 0.286. The van der Waals surface area contributed by atoms with Gasteiger partial charge in [0.05, 0.1) is 17.4 Å². The van der Waals surface area contributed by atoms with Crippen LogP contribution in [0.3, 0.4) is 0 Å². The van der Waals surface area contributed by atoms with E-state index in [0.717, 1.165) is 10.8 Å². The highest BCUT2D eigenvalue weighted by Crippen LogP contribution is 2.30. The Labute approximate surface area is 160 Å². The Balaban J connectivity index is 1.86. The van der Waals surface area contributed by atoms with E-state index in [1.807, 2.05) is 12.1 Å². The van der Waals surface area contributed by atoms with Gasteiger partial charge >= 0.3 is 5.63 Å². The quantitative estimate of drug-likeness (QED) is 0.511. The smallest absolute Gasteiger partial charge is 0.344 e. The molecule has 0 unspecified atom stereocenters. The van der Waals surface area contributed by atoms with Gasteiger partial charge in [0.15, 0.2) is 6.61 Å². The lowest BCUT2D eigenvalue weighted by Crippen LogP contribution is -2.51. The van der Waals surface area contributed by atoms with Gasteiger partial charge in [0, 0.05) is 10.9 Å². The summed E-state index contributed by atoms with van der Waals surface area (Å²) in [5, 5.41) is 15.5. The molecule has 3 rings (SSSR count). The highest BCUT2D eigenvalue weighted by molar-refractivity contribution is 6.05. The number of aryl methyl sites for hydroxylation is 1. The number of hydrogen-bond donors (Lipinski definition) is 1. The van der Waals surface area contributed by atoms with Crippen LogP contribution in [0.1, 0.15) is 19.4 Å². The van der Waals surface area contributed by atoms with Crippen molar-refractivity contribution in [2.45, 2.75) is 26.8 Å². The number of benzene rings is 2. The lowest BCUT2D eigenvalue weighted by atomic mass is 10.0. The molecule has 0 fully saturated rings. The molecule has 1 atom stereocenters. The maximum atomic E-state index is 12.2. The molecule has 0 aliphatic carbocycles. The van der Waals surface area contributed by atoms with Gasteiger partial charge in [-0.05, 0) is 36.4 Å². The van der Waals surface area contributed by atoms with Gasteiger partial charge in [-0.2, -0.15) is 0 Å². The minimum Gasteiger partial charge on any atom is -0.548 e. The number of carboxylic acids is 1. The average molecular weight is 382 g/mol. The number of carbonyl (C=O) groups excluding carboxylic acids is 2. The summed E-state index contributed by atoms with van der Waals surface area (Å²) in [5.74, 6) is -1.88. The minimum absolute atomic E-state index is 0.320. The first-order valence-corrected chi connectivity index (χ1v) is 8.87. The number of aliphatic carboxylic acids is 1. The maximum Gasteiger partial charge on any atom is 0.344 e. The number of carboxylic acid groups (broad SMARTS) is 1. The second kappa shape index (κ2) is 7.72. The van der Waals surface area contributed by atoms with Crippen LogP contribution in [0.25, 0.3) is 21.7 Å². The van der Waals surface area contributed by atoms with E-state index in [0.29, 0.717) is 22.3 Å². The Kier molecular flexibility index (Phi) is 5.35. The molecule has 7 nitrogen and oxygen atoms in total. The molecule has 1 N–H and O–H groups in total. The standard InChI is InChI=1S/C21H21NO6/c1-11(2)18(20(24)25)22-17(23)10-27-16-9-8-14-13-6-4-5-7-15(13)21(26)28-19(14)12(16)3/h4-9,11,18H,10H2,1-3H3,(H,22,23)(H,24,25)/p-1/t18-/m0/s1. The first-order chi connectivity index (χ1) is 13.3. The van der Waals surface area contributed by atoms with Crippen molar-refractivity contribution in [1.82, 2.24) is 5.32 Å². The van der Waals surface area contributed by atoms with Crippen molar-refractivity contribution in [3.05, 3.63) is 52.4 Å². The summed E-state index contributed by atoms with van der Waals surface area (Å²) >= 11 is 0. The number of fused-ring (bicyclic) bond motifs is 3. The summed E-state index contributed by atoms with van der Waals surface area (Å²) in [4.78, 5) is 35.4. The molecule has 1 amide bonds. The highest BCUT2D eigenvalue weighted by atomic mass is 16.5. The van der Waals surface area contributed by atoms with Crippen LogP contribution in [0.5, 0.6) is 5.75 Å². The van der Waals surface area contributed by atoms with Gasteiger partial charge in [0.2, 0.25) is 0 Å². The Morgan fingerprint density at radius 1 is 1.11 bits per heavy atom. The molecule has 0 saturated heterocycles. The van der Waals surface area contributed by atoms with E-state index >= 15 is 0 Å². The second-order valence-electron chi connectivity index (χ2n) is 6.90. The van der Waals surface area contributed by atoms with E-state index in [1.54, 1.807) is 45.0 Å². The zero-order valence-electron chi connectivity index (χ0n) is 15.8. The lowest BCUT2D eigenvalue weighted by Gasteiger charge is -2.23. The molecule has 2 aromatic carbocycles. The van der Waals surface area contributed by atoms with Crippen molar-refractivity contribution in [3.63, 3.8) is 0 Å². The number of ether oxygens (including phenoxy) is 1. The zero-order chi connectivity index (χ0) is 20.4. The molecule has 0 aliphatic rings. The fourth-order valence-electron chi connectivity index (χ4n) is 3.07. The number of hydrogen-bond acceptors (Lipinski definition) is 6. The predicted molar refractivity (Wildman–Crippen MR) is 102 cm³/mol. The molecule has 0 aliphatic heterocycles. The van der Waals surface area contributed by atoms with Gasteiger partial charge < -0.3 is 24.4 Å². The van der Waals surface area contributed by atoms with Crippen molar-refractivity contribution < 1.29 is 23.8 Å². The third-order valence-electron chi connectivity index (χ3n) is 4.58. The van der Waals surface area contributed by atoms with Crippen LogP contribution in [0.4, 0.5) is 0 Å².